The lowest BCUT2D eigenvalue weighted by molar-refractivity contribution is 0.457. The van der Waals surface area contributed by atoms with Crippen LogP contribution in [0, 0.1) is 0 Å². The molecule has 0 spiro atoms. The number of hydrogen-bond donors (Lipinski definition) is 4. The van der Waals surface area contributed by atoms with Crippen molar-refractivity contribution in [2.24, 2.45) is 20.5 Å². The molecule has 14 nitrogen and oxygen atoms in total. The van der Waals surface area contributed by atoms with E-state index in [9.17, 15) is 36.2 Å². The second kappa shape index (κ2) is 12.0. The first-order valence-corrected chi connectivity index (χ1v) is 16.6. The Kier molecular flexibility index (Phi) is 8.01. The topological polar surface area (TPSA) is 256 Å². The van der Waals surface area contributed by atoms with E-state index in [1.54, 1.807) is 48.5 Å². The van der Waals surface area contributed by atoms with Crippen molar-refractivity contribution in [3.63, 3.8) is 0 Å². The molecule has 0 aliphatic carbocycles. The van der Waals surface area contributed by atoms with Crippen LogP contribution in [-0.2, 0) is 20.2 Å². The standard InChI is InChI=1S/C32H24N6O8S2/c33-25-11-5-19-13-23(47(41,42)43)15-27(39)29(19)31(25)37-35-21-7-1-17(2-8-21)18-3-9-22(10-4-18)36-38-32-26(34)12-6-20-14-24(48(44,45)46)16-28(40)30(20)32/h1-16,39-40H,33-34H2,(H,41,42,43)(H,44,45,46)/p-2. The number of nitrogens with zero attached hydrogens (tertiary/aromatic N) is 4. The van der Waals surface area contributed by atoms with E-state index in [1.807, 2.05) is 0 Å². The van der Waals surface area contributed by atoms with Gasteiger partial charge in [0.2, 0.25) is 0 Å². The van der Waals surface area contributed by atoms with Gasteiger partial charge >= 0.3 is 0 Å². The predicted molar refractivity (Wildman–Crippen MR) is 176 cm³/mol. The highest BCUT2D eigenvalue weighted by Gasteiger charge is 2.15. The van der Waals surface area contributed by atoms with E-state index in [-0.39, 0.29) is 44.3 Å². The van der Waals surface area contributed by atoms with Crippen molar-refractivity contribution >= 4 is 75.9 Å². The van der Waals surface area contributed by atoms with E-state index < -0.39 is 41.5 Å². The molecule has 0 fully saturated rings. The van der Waals surface area contributed by atoms with Crippen molar-refractivity contribution in [1.82, 2.24) is 0 Å². The summed E-state index contributed by atoms with van der Waals surface area (Å²) in [5.41, 5.74) is 15.3. The molecule has 48 heavy (non-hydrogen) atoms. The molecule has 0 atom stereocenters. The van der Waals surface area contributed by atoms with Gasteiger partial charge in [0.25, 0.3) is 0 Å². The van der Waals surface area contributed by atoms with Crippen LogP contribution in [0.3, 0.4) is 0 Å². The van der Waals surface area contributed by atoms with Gasteiger partial charge in [-0.1, -0.05) is 36.4 Å². The van der Waals surface area contributed by atoms with Gasteiger partial charge in [0.15, 0.2) is 0 Å². The molecule has 0 unspecified atom stereocenters. The van der Waals surface area contributed by atoms with Crippen molar-refractivity contribution in [3.05, 3.63) is 97.1 Å². The van der Waals surface area contributed by atoms with Gasteiger partial charge < -0.3 is 30.8 Å². The molecular weight excluding hydrogens is 661 g/mol. The van der Waals surface area contributed by atoms with Crippen LogP contribution >= 0.6 is 0 Å². The molecule has 6 aromatic carbocycles. The average molecular weight is 683 g/mol. The summed E-state index contributed by atoms with van der Waals surface area (Å²) in [7, 11) is -9.59. The zero-order valence-electron chi connectivity index (χ0n) is 24.3. The Morgan fingerprint density at radius 2 is 0.854 bits per heavy atom. The number of phenols is 2. The smallest absolute Gasteiger partial charge is 0.126 e. The molecule has 0 radical (unpaired) electrons. The molecule has 6 aromatic rings. The molecule has 0 amide bonds. The Hall–Kier alpha value is -5.94. The molecule has 0 aliphatic rings. The molecule has 0 heterocycles. The van der Waals surface area contributed by atoms with E-state index in [0.29, 0.717) is 11.4 Å². The van der Waals surface area contributed by atoms with Gasteiger partial charge in [0, 0.05) is 0 Å². The lowest BCUT2D eigenvalue weighted by Gasteiger charge is -2.12. The first-order chi connectivity index (χ1) is 22.7. The summed E-state index contributed by atoms with van der Waals surface area (Å²) in [5, 5.41) is 38.5. The zero-order chi connectivity index (χ0) is 34.4. The van der Waals surface area contributed by atoms with Crippen LogP contribution in [0.1, 0.15) is 0 Å². The second-order valence-electron chi connectivity index (χ2n) is 10.5. The summed E-state index contributed by atoms with van der Waals surface area (Å²) in [6, 6.07) is 23.8. The summed E-state index contributed by atoms with van der Waals surface area (Å²) < 4.78 is 68.6. The van der Waals surface area contributed by atoms with Crippen LogP contribution < -0.4 is 11.5 Å². The fourth-order valence-corrected chi connectivity index (χ4v) is 6.04. The Bertz CT molecular complexity index is 2360. The molecule has 16 heteroatoms. The SMILES string of the molecule is Nc1ccc2cc(S(=O)(=O)[O-])cc(O)c2c1N=Nc1ccc(-c2ccc(N=Nc3c(N)ccc4cc(S(=O)(=O)[O-])cc(O)c34)cc2)cc1. The predicted octanol–water partition coefficient (Wildman–Crippen LogP) is 6.87. The summed E-state index contributed by atoms with van der Waals surface area (Å²) in [6.45, 7) is 0. The van der Waals surface area contributed by atoms with E-state index in [1.165, 1.54) is 24.3 Å². The number of nitrogen functional groups attached to an aromatic ring is 2. The van der Waals surface area contributed by atoms with Crippen LogP contribution in [0.5, 0.6) is 11.5 Å². The summed E-state index contributed by atoms with van der Waals surface area (Å²) in [6.07, 6.45) is 0. The monoisotopic (exact) mass is 682 g/mol. The lowest BCUT2D eigenvalue weighted by Crippen LogP contribution is -1.98. The molecule has 6 rings (SSSR count). The van der Waals surface area contributed by atoms with Crippen LogP contribution in [-0.4, -0.2) is 36.2 Å². The highest BCUT2D eigenvalue weighted by Crippen LogP contribution is 2.42. The molecule has 0 saturated heterocycles. The summed E-state index contributed by atoms with van der Waals surface area (Å²) in [5.74, 6) is -0.959. The van der Waals surface area contributed by atoms with Crippen molar-refractivity contribution in [2.45, 2.75) is 9.79 Å². The third-order valence-corrected chi connectivity index (χ3v) is 8.95. The Balaban J connectivity index is 1.22. The summed E-state index contributed by atoms with van der Waals surface area (Å²) >= 11 is 0. The first-order valence-electron chi connectivity index (χ1n) is 13.8. The van der Waals surface area contributed by atoms with Gasteiger partial charge in [-0.2, -0.15) is 10.2 Å². The van der Waals surface area contributed by atoms with Gasteiger partial charge in [0.1, 0.15) is 43.1 Å². The highest BCUT2D eigenvalue weighted by molar-refractivity contribution is 7.86. The van der Waals surface area contributed by atoms with E-state index in [2.05, 4.69) is 20.5 Å². The van der Waals surface area contributed by atoms with E-state index >= 15 is 0 Å². The van der Waals surface area contributed by atoms with Crippen LogP contribution in [0.4, 0.5) is 34.1 Å². The first kappa shape index (κ1) is 32.0. The number of benzene rings is 6. The molecular formula is C32H22N6O8S2-2. The fourth-order valence-electron chi connectivity index (χ4n) is 4.99. The molecule has 0 bridgehead atoms. The van der Waals surface area contributed by atoms with Crippen LogP contribution in [0.15, 0.2) is 127 Å². The van der Waals surface area contributed by atoms with Gasteiger partial charge in [-0.15, -0.1) is 10.2 Å². The normalized spacial score (nSPS) is 12.5. The molecule has 242 valence electrons. The van der Waals surface area contributed by atoms with Gasteiger partial charge in [0.05, 0.1) is 43.3 Å². The largest absolute Gasteiger partial charge is 0.744 e. The molecule has 0 saturated carbocycles. The van der Waals surface area contributed by atoms with Crippen LogP contribution in [0.2, 0.25) is 0 Å². The van der Waals surface area contributed by atoms with Crippen molar-refractivity contribution in [3.8, 4) is 22.6 Å². The Morgan fingerprint density at radius 1 is 0.500 bits per heavy atom. The number of fused-ring (bicyclic) bond motifs is 2. The number of nitrogens with two attached hydrogens (primary N) is 2. The Labute approximate surface area is 272 Å². The summed E-state index contributed by atoms with van der Waals surface area (Å²) in [4.78, 5) is -1.17. The third-order valence-electron chi connectivity index (χ3n) is 7.32. The number of phenolic OH excluding ortho intramolecular Hbond substituents is 2. The average Bonchev–Trinajstić information content (AvgIpc) is 3.03. The van der Waals surface area contributed by atoms with Gasteiger partial charge in [-0.25, -0.2) is 16.8 Å². The van der Waals surface area contributed by atoms with Crippen molar-refractivity contribution in [2.75, 3.05) is 11.5 Å². The number of rotatable bonds is 7. The zero-order valence-corrected chi connectivity index (χ0v) is 26.0. The number of hydrogen-bond acceptors (Lipinski definition) is 14. The maximum Gasteiger partial charge on any atom is 0.126 e. The second-order valence-corrected chi connectivity index (χ2v) is 13.2. The molecule has 6 N–H and O–H groups in total. The van der Waals surface area contributed by atoms with Gasteiger partial charge in [-0.05, 0) is 82.6 Å². The van der Waals surface area contributed by atoms with Crippen molar-refractivity contribution < 1.29 is 36.2 Å². The Morgan fingerprint density at radius 3 is 1.19 bits per heavy atom. The minimum Gasteiger partial charge on any atom is -0.744 e. The highest BCUT2D eigenvalue weighted by atomic mass is 32.2. The lowest BCUT2D eigenvalue weighted by atomic mass is 10.1. The fraction of sp³-hybridized carbons (Fsp3) is 0. The van der Waals surface area contributed by atoms with E-state index in [4.69, 9.17) is 11.5 Å². The molecule has 0 aromatic heterocycles. The minimum absolute atomic E-state index is 0.106. The number of azo groups is 2. The maximum absolute atomic E-state index is 11.4. The number of aromatic hydroxyl groups is 2. The quantitative estimate of drug-likeness (QED) is 0.0771. The maximum atomic E-state index is 11.4. The minimum atomic E-state index is -4.80. The third kappa shape index (κ3) is 6.36. The van der Waals surface area contributed by atoms with Gasteiger partial charge in [-0.3, -0.25) is 0 Å². The van der Waals surface area contributed by atoms with Crippen LogP contribution in [0.25, 0.3) is 32.7 Å². The van der Waals surface area contributed by atoms with E-state index in [0.717, 1.165) is 35.4 Å². The van der Waals surface area contributed by atoms with Crippen molar-refractivity contribution in [1.29, 1.82) is 0 Å². The number of anilines is 2. The molecule has 0 aliphatic heterocycles.